The summed E-state index contributed by atoms with van der Waals surface area (Å²) in [5.41, 5.74) is 2.22. The van der Waals surface area contributed by atoms with Gasteiger partial charge in [0.2, 0.25) is 0 Å². The van der Waals surface area contributed by atoms with E-state index in [4.69, 9.17) is 21.1 Å². The van der Waals surface area contributed by atoms with Gasteiger partial charge in [-0.1, -0.05) is 11.6 Å². The summed E-state index contributed by atoms with van der Waals surface area (Å²) in [6.07, 6.45) is 4.20. The molecule has 4 nitrogen and oxygen atoms in total. The largest absolute Gasteiger partial charge is 0.376 e. The molecule has 0 N–H and O–H groups in total. The number of aryl methyl sites for hydroxylation is 1. The van der Waals surface area contributed by atoms with Crippen LogP contribution in [0.5, 0.6) is 0 Å². The average Bonchev–Trinajstić information content (AvgIpc) is 2.40. The van der Waals surface area contributed by atoms with Crippen molar-refractivity contribution in [1.29, 1.82) is 0 Å². The fourth-order valence-corrected chi connectivity index (χ4v) is 2.64. The highest BCUT2D eigenvalue weighted by Gasteiger charge is 2.23. The van der Waals surface area contributed by atoms with Crippen LogP contribution in [0.15, 0.2) is 0 Å². The first-order valence-corrected chi connectivity index (χ1v) is 6.47. The molecular weight excluding hydrogens is 240 g/mol. The lowest BCUT2D eigenvalue weighted by Gasteiger charge is -2.24. The molecule has 1 aromatic heterocycles. The third kappa shape index (κ3) is 2.30. The van der Waals surface area contributed by atoms with Crippen LogP contribution in [0.2, 0.25) is 5.15 Å². The van der Waals surface area contributed by atoms with E-state index in [2.05, 4.69) is 9.97 Å². The van der Waals surface area contributed by atoms with Crippen molar-refractivity contribution in [1.82, 2.24) is 9.97 Å². The van der Waals surface area contributed by atoms with Crippen molar-refractivity contribution >= 4 is 11.6 Å². The molecule has 2 heterocycles. The van der Waals surface area contributed by atoms with Gasteiger partial charge in [0.15, 0.2) is 5.82 Å². The Kier molecular flexibility index (Phi) is 3.27. The molecule has 0 amide bonds. The summed E-state index contributed by atoms with van der Waals surface area (Å²) in [6, 6.07) is 0. The smallest absolute Gasteiger partial charge is 0.161 e. The molecule has 0 spiro atoms. The van der Waals surface area contributed by atoms with E-state index in [-0.39, 0.29) is 6.10 Å². The minimum absolute atomic E-state index is 0.159. The summed E-state index contributed by atoms with van der Waals surface area (Å²) >= 11 is 6.22. The van der Waals surface area contributed by atoms with E-state index in [9.17, 15) is 0 Å². The molecule has 0 aromatic carbocycles. The quantitative estimate of drug-likeness (QED) is 0.720. The molecule has 3 rings (SSSR count). The summed E-state index contributed by atoms with van der Waals surface area (Å²) in [4.78, 5) is 8.96. The third-order valence-electron chi connectivity index (χ3n) is 3.25. The molecule has 1 aromatic rings. The Labute approximate surface area is 105 Å². The number of nitrogens with zero attached hydrogens (tertiary/aromatic N) is 2. The molecule has 2 aliphatic rings. The fourth-order valence-electron chi connectivity index (χ4n) is 2.35. The molecular formula is C12H15ClN2O2. The Morgan fingerprint density at radius 1 is 1.12 bits per heavy atom. The second-order valence-electron chi connectivity index (χ2n) is 4.44. The second-order valence-corrected chi connectivity index (χ2v) is 4.80. The average molecular weight is 255 g/mol. The summed E-state index contributed by atoms with van der Waals surface area (Å²) in [6.45, 7) is 1.77. The maximum Gasteiger partial charge on any atom is 0.161 e. The van der Waals surface area contributed by atoms with E-state index in [0.29, 0.717) is 30.8 Å². The topological polar surface area (TPSA) is 44.2 Å². The van der Waals surface area contributed by atoms with Crippen LogP contribution in [0.4, 0.5) is 0 Å². The first kappa shape index (κ1) is 11.4. The van der Waals surface area contributed by atoms with Gasteiger partial charge in [0.25, 0.3) is 0 Å². The number of hydrogen-bond acceptors (Lipinski definition) is 4. The predicted molar refractivity (Wildman–Crippen MR) is 63.2 cm³/mol. The zero-order valence-corrected chi connectivity index (χ0v) is 10.4. The van der Waals surface area contributed by atoms with Crippen molar-refractivity contribution in [3.05, 3.63) is 22.2 Å². The normalized spacial score (nSPS) is 24.4. The minimum atomic E-state index is -0.159. The monoisotopic (exact) mass is 254 g/mol. The van der Waals surface area contributed by atoms with Crippen LogP contribution in [0.3, 0.4) is 0 Å². The van der Waals surface area contributed by atoms with Gasteiger partial charge in [-0.25, -0.2) is 9.97 Å². The molecule has 0 saturated carbocycles. The lowest BCUT2D eigenvalue weighted by molar-refractivity contribution is -0.0936. The van der Waals surface area contributed by atoms with Crippen molar-refractivity contribution in [2.24, 2.45) is 0 Å². The highest BCUT2D eigenvalue weighted by atomic mass is 35.5. The molecule has 17 heavy (non-hydrogen) atoms. The van der Waals surface area contributed by atoms with Crippen molar-refractivity contribution in [2.45, 2.75) is 31.8 Å². The SMILES string of the molecule is Clc1nc(C2COCCO2)nc2c1CCCC2. The van der Waals surface area contributed by atoms with Gasteiger partial charge in [-0.05, 0) is 25.7 Å². The van der Waals surface area contributed by atoms with Gasteiger partial charge in [-0.15, -0.1) is 0 Å². The minimum Gasteiger partial charge on any atom is -0.376 e. The Bertz CT molecular complexity index is 419. The van der Waals surface area contributed by atoms with Crippen molar-refractivity contribution in [2.75, 3.05) is 19.8 Å². The number of hydrogen-bond donors (Lipinski definition) is 0. The van der Waals surface area contributed by atoms with Crippen molar-refractivity contribution < 1.29 is 9.47 Å². The molecule has 5 heteroatoms. The van der Waals surface area contributed by atoms with Crippen LogP contribution in [0.25, 0.3) is 0 Å². The highest BCUT2D eigenvalue weighted by molar-refractivity contribution is 6.30. The zero-order valence-electron chi connectivity index (χ0n) is 9.62. The van der Waals surface area contributed by atoms with E-state index in [1.54, 1.807) is 0 Å². The van der Waals surface area contributed by atoms with Gasteiger partial charge in [0, 0.05) is 11.3 Å². The first-order valence-electron chi connectivity index (χ1n) is 6.09. The standard InChI is InChI=1S/C12H15ClN2O2/c13-11-8-3-1-2-4-9(8)14-12(15-11)10-7-16-5-6-17-10/h10H,1-7H2. The molecule has 1 aliphatic carbocycles. The Balaban J connectivity index is 1.92. The van der Waals surface area contributed by atoms with Crippen LogP contribution < -0.4 is 0 Å². The van der Waals surface area contributed by atoms with Gasteiger partial charge >= 0.3 is 0 Å². The number of halogens is 1. The molecule has 0 radical (unpaired) electrons. The zero-order chi connectivity index (χ0) is 11.7. The van der Waals surface area contributed by atoms with E-state index in [1.165, 1.54) is 12.8 Å². The summed E-state index contributed by atoms with van der Waals surface area (Å²) in [7, 11) is 0. The molecule has 1 fully saturated rings. The van der Waals surface area contributed by atoms with Crippen LogP contribution in [0, 0.1) is 0 Å². The van der Waals surface area contributed by atoms with Crippen LogP contribution in [0.1, 0.15) is 36.0 Å². The van der Waals surface area contributed by atoms with Crippen molar-refractivity contribution in [3.63, 3.8) is 0 Å². The van der Waals surface area contributed by atoms with Crippen molar-refractivity contribution in [3.8, 4) is 0 Å². The molecule has 1 atom stereocenters. The third-order valence-corrected chi connectivity index (χ3v) is 3.57. The summed E-state index contributed by atoms with van der Waals surface area (Å²) in [5.74, 6) is 0.676. The van der Waals surface area contributed by atoms with Gasteiger partial charge in [-0.2, -0.15) is 0 Å². The lowest BCUT2D eigenvalue weighted by atomic mass is 9.97. The Hall–Kier alpha value is -0.710. The Morgan fingerprint density at radius 3 is 2.82 bits per heavy atom. The van der Waals surface area contributed by atoms with E-state index < -0.39 is 0 Å². The van der Waals surface area contributed by atoms with Gasteiger partial charge < -0.3 is 9.47 Å². The first-order chi connectivity index (χ1) is 8.34. The number of aromatic nitrogens is 2. The van der Waals surface area contributed by atoms with Gasteiger partial charge in [-0.3, -0.25) is 0 Å². The van der Waals surface area contributed by atoms with Crippen LogP contribution in [-0.4, -0.2) is 29.8 Å². The fraction of sp³-hybridized carbons (Fsp3) is 0.667. The number of ether oxygens (including phenoxy) is 2. The number of rotatable bonds is 1. The van der Waals surface area contributed by atoms with Gasteiger partial charge in [0.05, 0.1) is 19.8 Å². The van der Waals surface area contributed by atoms with Crippen LogP contribution in [-0.2, 0) is 22.3 Å². The van der Waals surface area contributed by atoms with E-state index in [0.717, 1.165) is 24.1 Å². The van der Waals surface area contributed by atoms with E-state index >= 15 is 0 Å². The summed E-state index contributed by atoms with van der Waals surface area (Å²) < 4.78 is 11.0. The lowest BCUT2D eigenvalue weighted by Crippen LogP contribution is -2.24. The molecule has 92 valence electrons. The molecule has 1 unspecified atom stereocenters. The Morgan fingerprint density at radius 2 is 2.00 bits per heavy atom. The maximum absolute atomic E-state index is 6.22. The number of fused-ring (bicyclic) bond motifs is 1. The predicted octanol–water partition coefficient (Wildman–Crippen LogP) is 2.10. The van der Waals surface area contributed by atoms with Crippen LogP contribution >= 0.6 is 11.6 Å². The second kappa shape index (κ2) is 4.88. The molecule has 1 saturated heterocycles. The van der Waals surface area contributed by atoms with E-state index in [1.807, 2.05) is 0 Å². The highest BCUT2D eigenvalue weighted by Crippen LogP contribution is 2.28. The molecule has 0 bridgehead atoms. The van der Waals surface area contributed by atoms with Gasteiger partial charge in [0.1, 0.15) is 11.3 Å². The maximum atomic E-state index is 6.22. The summed E-state index contributed by atoms with van der Waals surface area (Å²) in [5, 5.41) is 0.596. The molecule has 1 aliphatic heterocycles.